The van der Waals surface area contributed by atoms with Crippen LogP contribution >= 0.6 is 11.8 Å². The molecule has 2 saturated heterocycles. The van der Waals surface area contributed by atoms with Gasteiger partial charge in [-0.3, -0.25) is 4.79 Å². The van der Waals surface area contributed by atoms with Crippen LogP contribution in [0.15, 0.2) is 4.99 Å². The van der Waals surface area contributed by atoms with E-state index >= 15 is 0 Å². The maximum atomic E-state index is 12.0. The van der Waals surface area contributed by atoms with Gasteiger partial charge in [-0.05, 0) is 31.1 Å². The number of carbonyl (C=O) groups excluding carboxylic acids is 1. The molecule has 2 heterocycles. The number of rotatable bonds is 2. The second-order valence-electron chi connectivity index (χ2n) is 7.09. The molecule has 0 N–H and O–H groups in total. The van der Waals surface area contributed by atoms with Crippen molar-refractivity contribution in [2.45, 2.75) is 56.4 Å². The lowest BCUT2D eigenvalue weighted by Crippen LogP contribution is -2.47. The van der Waals surface area contributed by atoms with Gasteiger partial charge in [-0.25, -0.2) is 8.42 Å². The standard InChI is InChI=1S/C15H22N2O3S2/c1-2-14(18)16-15-17(11-6-9-3-4-10(11)5-9)12-7-22(19,20)8-13(12)21-15/h9-13H,2-8H2,1H3. The van der Waals surface area contributed by atoms with Crippen LogP contribution in [0.4, 0.5) is 0 Å². The zero-order chi connectivity index (χ0) is 15.5. The van der Waals surface area contributed by atoms with Crippen LogP contribution in [-0.2, 0) is 14.6 Å². The van der Waals surface area contributed by atoms with Crippen molar-refractivity contribution in [2.75, 3.05) is 11.5 Å². The van der Waals surface area contributed by atoms with Gasteiger partial charge in [0, 0.05) is 17.7 Å². The van der Waals surface area contributed by atoms with E-state index in [1.165, 1.54) is 31.0 Å². The summed E-state index contributed by atoms with van der Waals surface area (Å²) in [5, 5.41) is 0.863. The van der Waals surface area contributed by atoms with Crippen molar-refractivity contribution in [3.63, 3.8) is 0 Å². The molecule has 4 rings (SSSR count). The van der Waals surface area contributed by atoms with Gasteiger partial charge in [0.25, 0.3) is 0 Å². The highest BCUT2D eigenvalue weighted by molar-refractivity contribution is 8.15. The van der Waals surface area contributed by atoms with Crippen LogP contribution in [0.3, 0.4) is 0 Å². The van der Waals surface area contributed by atoms with Crippen molar-refractivity contribution in [2.24, 2.45) is 16.8 Å². The largest absolute Gasteiger partial charge is 0.343 e. The summed E-state index contributed by atoms with van der Waals surface area (Å²) >= 11 is 1.53. The van der Waals surface area contributed by atoms with Crippen LogP contribution in [-0.4, -0.2) is 53.2 Å². The van der Waals surface area contributed by atoms with Crippen LogP contribution in [0.25, 0.3) is 0 Å². The number of carbonyl (C=O) groups is 1. The number of thioether (sulfide) groups is 1. The Balaban J connectivity index is 1.66. The third kappa shape index (κ3) is 2.40. The van der Waals surface area contributed by atoms with Gasteiger partial charge in [-0.2, -0.15) is 4.99 Å². The monoisotopic (exact) mass is 342 g/mol. The van der Waals surface area contributed by atoms with E-state index in [2.05, 4.69) is 9.89 Å². The third-order valence-electron chi connectivity index (χ3n) is 5.69. The Morgan fingerprint density at radius 2 is 2.09 bits per heavy atom. The molecule has 0 aromatic carbocycles. The number of amidine groups is 1. The predicted octanol–water partition coefficient (Wildman–Crippen LogP) is 1.68. The fourth-order valence-electron chi connectivity index (χ4n) is 4.72. The van der Waals surface area contributed by atoms with Crippen molar-refractivity contribution in [3.05, 3.63) is 0 Å². The summed E-state index contributed by atoms with van der Waals surface area (Å²) in [5.41, 5.74) is 0. The third-order valence-corrected chi connectivity index (χ3v) is 8.91. The Bertz CT molecular complexity index is 631. The minimum atomic E-state index is -2.94. The molecule has 7 heteroatoms. The Morgan fingerprint density at radius 3 is 2.73 bits per heavy atom. The number of aliphatic imine (C=N–C) groups is 1. The summed E-state index contributed by atoms with van der Waals surface area (Å²) in [5.74, 6) is 1.82. The molecule has 2 bridgehead atoms. The SMILES string of the molecule is CCC(=O)N=C1SC2CS(=O)(=O)CC2N1C1CC2CCC1C2. The number of fused-ring (bicyclic) bond motifs is 3. The predicted molar refractivity (Wildman–Crippen MR) is 87.6 cm³/mol. The molecule has 2 aliphatic heterocycles. The maximum Gasteiger partial charge on any atom is 0.247 e. The summed E-state index contributed by atoms with van der Waals surface area (Å²) in [6.45, 7) is 1.82. The van der Waals surface area contributed by atoms with Crippen molar-refractivity contribution in [1.82, 2.24) is 4.90 Å². The quantitative estimate of drug-likeness (QED) is 0.764. The zero-order valence-corrected chi connectivity index (χ0v) is 14.4. The molecule has 0 aromatic heterocycles. The molecular weight excluding hydrogens is 320 g/mol. The van der Waals surface area contributed by atoms with E-state index in [4.69, 9.17) is 0 Å². The van der Waals surface area contributed by atoms with E-state index in [-0.39, 0.29) is 28.7 Å². The van der Waals surface area contributed by atoms with Gasteiger partial charge in [0.05, 0.1) is 17.5 Å². The molecule has 5 nitrogen and oxygen atoms in total. The molecular formula is C15H22N2O3S2. The molecule has 4 fully saturated rings. The fourth-order valence-corrected chi connectivity index (χ4v) is 8.71. The fraction of sp³-hybridized carbons (Fsp3) is 0.867. The zero-order valence-electron chi connectivity index (χ0n) is 12.8. The van der Waals surface area contributed by atoms with Crippen molar-refractivity contribution in [3.8, 4) is 0 Å². The molecule has 0 spiro atoms. The van der Waals surface area contributed by atoms with Gasteiger partial charge in [0.1, 0.15) is 0 Å². The smallest absolute Gasteiger partial charge is 0.247 e. The van der Waals surface area contributed by atoms with E-state index in [0.29, 0.717) is 18.4 Å². The summed E-state index contributed by atoms with van der Waals surface area (Å²) in [7, 11) is -2.94. The van der Waals surface area contributed by atoms with Crippen molar-refractivity contribution >= 4 is 32.7 Å². The average Bonchev–Trinajstić information content (AvgIpc) is 3.17. The highest BCUT2D eigenvalue weighted by Gasteiger charge is 2.54. The number of hydrogen-bond donors (Lipinski definition) is 0. The Morgan fingerprint density at radius 1 is 1.27 bits per heavy atom. The normalized spacial score (nSPS) is 44.0. The first-order valence-electron chi connectivity index (χ1n) is 8.24. The van der Waals surface area contributed by atoms with E-state index in [0.717, 1.165) is 17.5 Å². The highest BCUT2D eigenvalue weighted by Crippen LogP contribution is 2.51. The van der Waals surface area contributed by atoms with E-state index in [1.807, 2.05) is 6.92 Å². The van der Waals surface area contributed by atoms with Crippen LogP contribution in [0.1, 0.15) is 39.0 Å². The second-order valence-corrected chi connectivity index (χ2v) is 10.5. The molecule has 4 aliphatic rings. The first kappa shape index (κ1) is 15.0. The van der Waals surface area contributed by atoms with Crippen LogP contribution in [0.2, 0.25) is 0 Å². The van der Waals surface area contributed by atoms with E-state index < -0.39 is 9.84 Å². The molecule has 122 valence electrons. The number of hydrogen-bond acceptors (Lipinski definition) is 4. The average molecular weight is 342 g/mol. The highest BCUT2D eigenvalue weighted by atomic mass is 32.2. The van der Waals surface area contributed by atoms with Gasteiger partial charge in [0.2, 0.25) is 5.91 Å². The van der Waals surface area contributed by atoms with Crippen molar-refractivity contribution in [1.29, 1.82) is 0 Å². The second kappa shape index (κ2) is 5.23. The molecule has 5 atom stereocenters. The number of nitrogens with zero attached hydrogens (tertiary/aromatic N) is 2. The molecule has 2 saturated carbocycles. The molecule has 2 aliphatic carbocycles. The lowest BCUT2D eigenvalue weighted by molar-refractivity contribution is -0.117. The Hall–Kier alpha value is -0.560. The number of amides is 1. The lowest BCUT2D eigenvalue weighted by Gasteiger charge is -2.36. The summed E-state index contributed by atoms with van der Waals surface area (Å²) in [6, 6.07) is 0.431. The number of sulfone groups is 1. The summed E-state index contributed by atoms with van der Waals surface area (Å²) in [6.07, 6.45) is 5.38. The first-order valence-corrected chi connectivity index (χ1v) is 10.9. The van der Waals surface area contributed by atoms with Gasteiger partial charge in [-0.1, -0.05) is 25.1 Å². The topological polar surface area (TPSA) is 66.8 Å². The van der Waals surface area contributed by atoms with Gasteiger partial charge in [0.15, 0.2) is 15.0 Å². The summed E-state index contributed by atoms with van der Waals surface area (Å²) < 4.78 is 24.0. The molecule has 1 amide bonds. The molecule has 22 heavy (non-hydrogen) atoms. The Labute approximate surface area is 135 Å². The van der Waals surface area contributed by atoms with Crippen LogP contribution in [0, 0.1) is 11.8 Å². The van der Waals surface area contributed by atoms with Crippen molar-refractivity contribution < 1.29 is 13.2 Å². The molecule has 5 unspecified atom stereocenters. The van der Waals surface area contributed by atoms with Gasteiger partial charge >= 0.3 is 0 Å². The maximum absolute atomic E-state index is 12.0. The van der Waals surface area contributed by atoms with Gasteiger partial charge < -0.3 is 4.90 Å². The minimum absolute atomic E-state index is 0.0303. The van der Waals surface area contributed by atoms with Crippen LogP contribution in [0.5, 0.6) is 0 Å². The van der Waals surface area contributed by atoms with E-state index in [9.17, 15) is 13.2 Å². The lowest BCUT2D eigenvalue weighted by atomic mass is 9.93. The van der Waals surface area contributed by atoms with Gasteiger partial charge in [-0.15, -0.1) is 0 Å². The minimum Gasteiger partial charge on any atom is -0.343 e. The van der Waals surface area contributed by atoms with Crippen LogP contribution < -0.4 is 0 Å². The molecule has 0 radical (unpaired) electrons. The first-order chi connectivity index (χ1) is 10.5. The molecule has 0 aromatic rings. The summed E-state index contributed by atoms with van der Waals surface area (Å²) in [4.78, 5) is 18.3. The Kier molecular flexibility index (Phi) is 3.56. The van der Waals surface area contributed by atoms with E-state index in [1.54, 1.807) is 0 Å².